The Kier molecular flexibility index (Phi) is 5.69. The average molecular weight is 336 g/mol. The highest BCUT2D eigenvalue weighted by Crippen LogP contribution is 2.25. The molecule has 0 aromatic heterocycles. The molecule has 0 radical (unpaired) electrons. The number of benzene rings is 1. The molecule has 1 fully saturated rings. The number of nitro groups is 1. The van der Waals surface area contributed by atoms with Crippen molar-refractivity contribution >= 4 is 28.9 Å². The standard InChI is InChI=1S/C15H20N4O5/c16-11-5-4-10(19(23)24)8-12(11)17-14(20)9-13(15(21)22)18-6-2-1-3-7-18/h4-5,8,13H,1-3,6-7,9,16H2,(H,17,20)(H,21,22). The Morgan fingerprint density at radius 1 is 1.33 bits per heavy atom. The van der Waals surface area contributed by atoms with Gasteiger partial charge in [0.15, 0.2) is 0 Å². The molecule has 1 aromatic rings. The van der Waals surface area contributed by atoms with E-state index < -0.39 is 22.8 Å². The number of nitrogen functional groups attached to an aromatic ring is 1. The summed E-state index contributed by atoms with van der Waals surface area (Å²) in [6, 6.07) is 2.81. The van der Waals surface area contributed by atoms with E-state index in [1.807, 2.05) is 0 Å². The molecular formula is C15H20N4O5. The van der Waals surface area contributed by atoms with Crippen molar-refractivity contribution in [1.82, 2.24) is 4.90 Å². The van der Waals surface area contributed by atoms with Crippen LogP contribution in [0.5, 0.6) is 0 Å². The fourth-order valence-corrected chi connectivity index (χ4v) is 2.75. The third kappa shape index (κ3) is 4.42. The SMILES string of the molecule is Nc1ccc([N+](=O)[O-])cc1NC(=O)CC(C(=O)O)N1CCCCC1. The number of rotatable bonds is 6. The molecular weight excluding hydrogens is 316 g/mol. The van der Waals surface area contributed by atoms with E-state index in [9.17, 15) is 24.8 Å². The molecule has 0 aliphatic carbocycles. The summed E-state index contributed by atoms with van der Waals surface area (Å²) in [4.78, 5) is 35.6. The predicted molar refractivity (Wildman–Crippen MR) is 87.6 cm³/mol. The number of nitrogens with one attached hydrogen (secondary N) is 1. The Balaban J connectivity index is 2.06. The Morgan fingerprint density at radius 3 is 2.58 bits per heavy atom. The largest absolute Gasteiger partial charge is 0.480 e. The molecule has 2 rings (SSSR count). The smallest absolute Gasteiger partial charge is 0.321 e. The summed E-state index contributed by atoms with van der Waals surface area (Å²) >= 11 is 0. The highest BCUT2D eigenvalue weighted by Gasteiger charge is 2.29. The van der Waals surface area contributed by atoms with E-state index in [2.05, 4.69) is 5.32 Å². The van der Waals surface area contributed by atoms with E-state index in [0.717, 1.165) is 25.3 Å². The van der Waals surface area contributed by atoms with Gasteiger partial charge in [0.1, 0.15) is 6.04 Å². The van der Waals surface area contributed by atoms with Crippen LogP contribution in [-0.4, -0.2) is 45.9 Å². The molecule has 0 bridgehead atoms. The maximum atomic E-state index is 12.2. The average Bonchev–Trinajstić information content (AvgIpc) is 2.55. The van der Waals surface area contributed by atoms with E-state index in [1.54, 1.807) is 4.90 Å². The Bertz CT molecular complexity index is 643. The van der Waals surface area contributed by atoms with Crippen LogP contribution in [0.2, 0.25) is 0 Å². The third-order valence-electron chi connectivity index (χ3n) is 4.02. The van der Waals surface area contributed by atoms with Gasteiger partial charge in [-0.15, -0.1) is 0 Å². The first kappa shape index (κ1) is 17.7. The van der Waals surface area contributed by atoms with Crippen LogP contribution in [0.1, 0.15) is 25.7 Å². The number of carbonyl (C=O) groups excluding carboxylic acids is 1. The summed E-state index contributed by atoms with van der Waals surface area (Å²) in [6.45, 7) is 1.28. The molecule has 130 valence electrons. The number of amides is 1. The number of likely N-dealkylation sites (tertiary alicyclic amines) is 1. The molecule has 0 spiro atoms. The number of nitro benzene ring substituents is 1. The second-order valence-electron chi connectivity index (χ2n) is 5.73. The number of nitrogens with zero attached hydrogens (tertiary/aromatic N) is 2. The third-order valence-corrected chi connectivity index (χ3v) is 4.02. The number of carboxylic acid groups (broad SMARTS) is 1. The van der Waals surface area contributed by atoms with Crippen LogP contribution in [0, 0.1) is 10.1 Å². The van der Waals surface area contributed by atoms with Crippen molar-refractivity contribution in [2.24, 2.45) is 0 Å². The lowest BCUT2D eigenvalue weighted by Gasteiger charge is -2.31. The number of carboxylic acids is 1. The van der Waals surface area contributed by atoms with Gasteiger partial charge >= 0.3 is 5.97 Å². The molecule has 1 unspecified atom stereocenters. The van der Waals surface area contributed by atoms with E-state index in [1.165, 1.54) is 12.1 Å². The normalized spacial score (nSPS) is 16.3. The van der Waals surface area contributed by atoms with Crippen LogP contribution in [0.3, 0.4) is 0 Å². The van der Waals surface area contributed by atoms with Crippen LogP contribution in [0.25, 0.3) is 0 Å². The second kappa shape index (κ2) is 7.73. The highest BCUT2D eigenvalue weighted by atomic mass is 16.6. The Morgan fingerprint density at radius 2 is 2.00 bits per heavy atom. The summed E-state index contributed by atoms with van der Waals surface area (Å²) in [5.74, 6) is -1.60. The van der Waals surface area contributed by atoms with Crippen LogP contribution in [0.15, 0.2) is 18.2 Å². The molecule has 1 aliphatic heterocycles. The van der Waals surface area contributed by atoms with Crippen molar-refractivity contribution in [2.45, 2.75) is 31.7 Å². The van der Waals surface area contributed by atoms with Crippen molar-refractivity contribution < 1.29 is 19.6 Å². The molecule has 24 heavy (non-hydrogen) atoms. The number of nitrogens with two attached hydrogens (primary N) is 1. The number of non-ortho nitro benzene ring substituents is 1. The summed E-state index contributed by atoms with van der Waals surface area (Å²) in [6.07, 6.45) is 2.63. The van der Waals surface area contributed by atoms with Gasteiger partial charge in [0.2, 0.25) is 5.91 Å². The molecule has 1 heterocycles. The molecule has 1 amide bonds. The van der Waals surface area contributed by atoms with E-state index in [-0.39, 0.29) is 23.5 Å². The predicted octanol–water partition coefficient (Wildman–Crippen LogP) is 1.44. The van der Waals surface area contributed by atoms with Gasteiger partial charge < -0.3 is 16.2 Å². The van der Waals surface area contributed by atoms with E-state index in [0.29, 0.717) is 13.1 Å². The minimum atomic E-state index is -1.06. The molecule has 1 atom stereocenters. The molecule has 1 saturated heterocycles. The monoisotopic (exact) mass is 336 g/mol. The number of hydrogen-bond acceptors (Lipinski definition) is 6. The zero-order valence-electron chi connectivity index (χ0n) is 13.1. The molecule has 9 heteroatoms. The lowest BCUT2D eigenvalue weighted by Crippen LogP contribution is -2.45. The zero-order chi connectivity index (χ0) is 17.7. The van der Waals surface area contributed by atoms with Crippen LogP contribution >= 0.6 is 0 Å². The van der Waals surface area contributed by atoms with Crippen LogP contribution in [0.4, 0.5) is 17.1 Å². The summed E-state index contributed by atoms with van der Waals surface area (Å²) < 4.78 is 0. The number of hydrogen-bond donors (Lipinski definition) is 3. The van der Waals surface area contributed by atoms with E-state index in [4.69, 9.17) is 5.73 Å². The second-order valence-corrected chi connectivity index (χ2v) is 5.73. The van der Waals surface area contributed by atoms with Crippen LogP contribution < -0.4 is 11.1 Å². The van der Waals surface area contributed by atoms with Crippen molar-refractivity contribution in [1.29, 1.82) is 0 Å². The van der Waals surface area contributed by atoms with Gasteiger partial charge in [0.25, 0.3) is 5.69 Å². The summed E-state index contributed by atoms with van der Waals surface area (Å²) in [7, 11) is 0. The van der Waals surface area contributed by atoms with Gasteiger partial charge in [-0.2, -0.15) is 0 Å². The minimum absolute atomic E-state index is 0.108. The topological polar surface area (TPSA) is 139 Å². The van der Waals surface area contributed by atoms with E-state index >= 15 is 0 Å². The molecule has 1 aliphatic rings. The van der Waals surface area contributed by atoms with Gasteiger partial charge in [0, 0.05) is 12.1 Å². The first-order valence-corrected chi connectivity index (χ1v) is 7.69. The maximum Gasteiger partial charge on any atom is 0.321 e. The number of carbonyl (C=O) groups is 2. The Labute approximate surface area is 138 Å². The number of piperidine rings is 1. The van der Waals surface area contributed by atoms with Crippen molar-refractivity contribution in [2.75, 3.05) is 24.1 Å². The zero-order valence-corrected chi connectivity index (χ0v) is 13.1. The van der Waals surface area contributed by atoms with Crippen molar-refractivity contribution in [3.05, 3.63) is 28.3 Å². The molecule has 9 nitrogen and oxygen atoms in total. The van der Waals surface area contributed by atoms with Gasteiger partial charge in [-0.25, -0.2) is 0 Å². The number of aliphatic carboxylic acids is 1. The molecule has 0 saturated carbocycles. The first-order valence-electron chi connectivity index (χ1n) is 7.69. The highest BCUT2D eigenvalue weighted by molar-refractivity contribution is 5.96. The fraction of sp³-hybridized carbons (Fsp3) is 0.467. The maximum absolute atomic E-state index is 12.2. The quantitative estimate of drug-likeness (QED) is 0.406. The van der Waals surface area contributed by atoms with Crippen molar-refractivity contribution in [3.63, 3.8) is 0 Å². The van der Waals surface area contributed by atoms with Gasteiger partial charge in [0.05, 0.1) is 22.7 Å². The minimum Gasteiger partial charge on any atom is -0.480 e. The van der Waals surface area contributed by atoms with Gasteiger partial charge in [-0.1, -0.05) is 6.42 Å². The lowest BCUT2D eigenvalue weighted by atomic mass is 10.1. The number of anilines is 2. The van der Waals surface area contributed by atoms with Gasteiger partial charge in [-0.05, 0) is 32.0 Å². The first-order chi connectivity index (χ1) is 11.4. The van der Waals surface area contributed by atoms with Gasteiger partial charge in [-0.3, -0.25) is 24.6 Å². The summed E-state index contributed by atoms with van der Waals surface area (Å²) in [5, 5.41) is 22.6. The lowest BCUT2D eigenvalue weighted by molar-refractivity contribution is -0.384. The molecule has 1 aromatic carbocycles. The molecule has 4 N–H and O–H groups in total. The Hall–Kier alpha value is -2.68. The summed E-state index contributed by atoms with van der Waals surface area (Å²) in [5.41, 5.74) is 5.79. The van der Waals surface area contributed by atoms with Crippen molar-refractivity contribution in [3.8, 4) is 0 Å². The van der Waals surface area contributed by atoms with Crippen LogP contribution in [-0.2, 0) is 9.59 Å². The fourth-order valence-electron chi connectivity index (χ4n) is 2.75.